The standard InChI is InChI=1S/C29H21ClN2O5S/c1-2-37-28(36)23-24(18-6-4-3-5-7-18)31-29-32(25(23)19-12-14-21(30)15-13-19)26(33)22(38-29)16-17-8-10-20(11-9-17)27(34)35/h3-16,25H,2H2,1H3,(H,34,35)/b22-16-/t25-/m0/s1. The Bertz CT molecular complexity index is 1740. The summed E-state index contributed by atoms with van der Waals surface area (Å²) < 4.78 is 7.34. The third-order valence-corrected chi connectivity index (χ3v) is 7.25. The van der Waals surface area contributed by atoms with Crippen LogP contribution in [0.2, 0.25) is 5.02 Å². The van der Waals surface area contributed by atoms with Gasteiger partial charge in [-0.05, 0) is 48.4 Å². The molecule has 4 aromatic rings. The second-order valence-corrected chi connectivity index (χ2v) is 9.86. The molecule has 190 valence electrons. The molecule has 0 saturated carbocycles. The van der Waals surface area contributed by atoms with Gasteiger partial charge in [0.2, 0.25) is 0 Å². The van der Waals surface area contributed by atoms with Crippen LogP contribution in [0.15, 0.2) is 94.2 Å². The summed E-state index contributed by atoms with van der Waals surface area (Å²) >= 11 is 7.34. The van der Waals surface area contributed by atoms with Crippen LogP contribution in [0.4, 0.5) is 0 Å². The van der Waals surface area contributed by atoms with Gasteiger partial charge in [-0.3, -0.25) is 9.36 Å². The van der Waals surface area contributed by atoms with Gasteiger partial charge < -0.3 is 9.84 Å². The number of carbonyl (C=O) groups is 2. The average Bonchev–Trinajstić information content (AvgIpc) is 3.23. The van der Waals surface area contributed by atoms with Gasteiger partial charge in [0.15, 0.2) is 4.80 Å². The predicted molar refractivity (Wildman–Crippen MR) is 146 cm³/mol. The molecule has 1 aliphatic heterocycles. The van der Waals surface area contributed by atoms with Gasteiger partial charge in [-0.2, -0.15) is 0 Å². The number of benzene rings is 3. The Kier molecular flexibility index (Phi) is 7.09. The van der Waals surface area contributed by atoms with E-state index < -0.39 is 18.0 Å². The van der Waals surface area contributed by atoms with Gasteiger partial charge >= 0.3 is 11.9 Å². The minimum absolute atomic E-state index is 0.151. The van der Waals surface area contributed by atoms with E-state index in [0.29, 0.717) is 31.2 Å². The van der Waals surface area contributed by atoms with E-state index in [-0.39, 0.29) is 23.3 Å². The molecule has 0 radical (unpaired) electrons. The van der Waals surface area contributed by atoms with E-state index in [1.54, 1.807) is 49.4 Å². The van der Waals surface area contributed by atoms with Crippen LogP contribution < -0.4 is 14.9 Å². The smallest absolute Gasteiger partial charge is 0.338 e. The number of rotatable bonds is 6. The van der Waals surface area contributed by atoms with Crippen molar-refractivity contribution < 1.29 is 19.4 Å². The van der Waals surface area contributed by atoms with Crippen molar-refractivity contribution in [2.45, 2.75) is 13.0 Å². The highest BCUT2D eigenvalue weighted by molar-refractivity contribution is 7.07. The molecule has 1 aromatic heterocycles. The third-order valence-electron chi connectivity index (χ3n) is 6.01. The lowest BCUT2D eigenvalue weighted by molar-refractivity contribution is -0.138. The first-order valence-electron chi connectivity index (χ1n) is 11.7. The zero-order chi connectivity index (χ0) is 26.8. The largest absolute Gasteiger partial charge is 0.478 e. The molecule has 1 aliphatic rings. The summed E-state index contributed by atoms with van der Waals surface area (Å²) in [5.41, 5.74) is 2.57. The van der Waals surface area contributed by atoms with Gasteiger partial charge in [0, 0.05) is 10.6 Å². The zero-order valence-electron chi connectivity index (χ0n) is 20.1. The first kappa shape index (κ1) is 25.4. The van der Waals surface area contributed by atoms with Gasteiger partial charge in [-0.15, -0.1) is 0 Å². The Morgan fingerprint density at radius 3 is 2.37 bits per heavy atom. The highest BCUT2D eigenvalue weighted by atomic mass is 35.5. The van der Waals surface area contributed by atoms with Gasteiger partial charge in [-0.25, -0.2) is 14.6 Å². The van der Waals surface area contributed by atoms with Crippen molar-refractivity contribution in [3.05, 3.63) is 131 Å². The third kappa shape index (κ3) is 4.83. The van der Waals surface area contributed by atoms with Crippen molar-refractivity contribution in [3.63, 3.8) is 0 Å². The van der Waals surface area contributed by atoms with Crippen LogP contribution in [0, 0.1) is 0 Å². The second kappa shape index (κ2) is 10.6. The van der Waals surface area contributed by atoms with E-state index >= 15 is 0 Å². The molecule has 5 rings (SSSR count). The maximum atomic E-state index is 13.8. The van der Waals surface area contributed by atoms with E-state index in [1.807, 2.05) is 30.3 Å². The number of fused-ring (bicyclic) bond motifs is 1. The minimum Gasteiger partial charge on any atom is -0.478 e. The number of hydrogen-bond donors (Lipinski definition) is 1. The molecule has 0 fully saturated rings. The molecule has 0 aliphatic carbocycles. The molecule has 1 N–H and O–H groups in total. The summed E-state index contributed by atoms with van der Waals surface area (Å²) in [5, 5.41) is 9.70. The molecule has 0 unspecified atom stereocenters. The number of ether oxygens (including phenoxy) is 1. The van der Waals surface area contributed by atoms with E-state index in [1.165, 1.54) is 28.0 Å². The van der Waals surface area contributed by atoms with Crippen molar-refractivity contribution in [3.8, 4) is 0 Å². The number of halogens is 1. The molecule has 1 atom stereocenters. The lowest BCUT2D eigenvalue weighted by atomic mass is 9.93. The lowest BCUT2D eigenvalue weighted by Gasteiger charge is -2.25. The van der Waals surface area contributed by atoms with E-state index in [2.05, 4.69) is 0 Å². The fourth-order valence-corrected chi connectivity index (χ4v) is 5.40. The first-order valence-corrected chi connectivity index (χ1v) is 12.9. The molecule has 38 heavy (non-hydrogen) atoms. The van der Waals surface area contributed by atoms with Gasteiger partial charge in [0.25, 0.3) is 5.56 Å². The van der Waals surface area contributed by atoms with Crippen LogP contribution in [0.3, 0.4) is 0 Å². The number of carbonyl (C=O) groups excluding carboxylic acids is 1. The molecule has 3 aromatic carbocycles. The number of carboxylic acid groups (broad SMARTS) is 1. The van der Waals surface area contributed by atoms with Gasteiger partial charge in [0.1, 0.15) is 0 Å². The fourth-order valence-electron chi connectivity index (χ4n) is 4.27. The Labute approximate surface area is 226 Å². The summed E-state index contributed by atoms with van der Waals surface area (Å²) in [6, 6.07) is 21.7. The van der Waals surface area contributed by atoms with E-state index in [9.17, 15) is 19.5 Å². The van der Waals surface area contributed by atoms with E-state index in [4.69, 9.17) is 21.3 Å². The molecular formula is C29H21ClN2O5S. The average molecular weight is 545 g/mol. The quantitative estimate of drug-likeness (QED) is 0.365. The molecule has 7 nitrogen and oxygen atoms in total. The zero-order valence-corrected chi connectivity index (χ0v) is 21.7. The number of carboxylic acids is 1. The van der Waals surface area contributed by atoms with Crippen molar-refractivity contribution >= 4 is 46.6 Å². The van der Waals surface area contributed by atoms with Crippen molar-refractivity contribution in [1.82, 2.24) is 4.57 Å². The van der Waals surface area contributed by atoms with Gasteiger partial charge in [0.05, 0.1) is 34.0 Å². The maximum Gasteiger partial charge on any atom is 0.338 e. The highest BCUT2D eigenvalue weighted by Gasteiger charge is 2.35. The summed E-state index contributed by atoms with van der Waals surface area (Å²) in [4.78, 5) is 43.6. The van der Waals surface area contributed by atoms with Crippen LogP contribution in [0.1, 0.15) is 40.0 Å². The fraction of sp³-hybridized carbons (Fsp3) is 0.103. The first-order chi connectivity index (χ1) is 18.4. The molecule has 2 heterocycles. The Morgan fingerprint density at radius 1 is 1.05 bits per heavy atom. The molecule has 0 saturated heterocycles. The molecule has 0 spiro atoms. The Balaban J connectivity index is 1.78. The van der Waals surface area contributed by atoms with Crippen LogP contribution in [-0.2, 0) is 9.53 Å². The maximum absolute atomic E-state index is 13.8. The van der Waals surface area contributed by atoms with Crippen molar-refractivity contribution in [2.75, 3.05) is 6.61 Å². The molecule has 0 amide bonds. The van der Waals surface area contributed by atoms with Crippen molar-refractivity contribution in [2.24, 2.45) is 4.99 Å². The topological polar surface area (TPSA) is 98.0 Å². The number of aromatic nitrogens is 1. The number of hydrogen-bond acceptors (Lipinski definition) is 6. The summed E-state index contributed by atoms with van der Waals surface area (Å²) in [5.74, 6) is -1.59. The Hall–Kier alpha value is -4.27. The number of aromatic carboxylic acids is 1. The summed E-state index contributed by atoms with van der Waals surface area (Å²) in [7, 11) is 0. The molecular weight excluding hydrogens is 524 g/mol. The van der Waals surface area contributed by atoms with E-state index in [0.717, 1.165) is 5.56 Å². The predicted octanol–water partition coefficient (Wildman–Crippen LogP) is 4.29. The normalized spacial score (nSPS) is 15.1. The molecule has 9 heteroatoms. The number of esters is 1. The Morgan fingerprint density at radius 2 is 1.74 bits per heavy atom. The van der Waals surface area contributed by atoms with Crippen molar-refractivity contribution in [1.29, 1.82) is 0 Å². The summed E-state index contributed by atoms with van der Waals surface area (Å²) in [6.07, 6.45) is 1.69. The van der Waals surface area contributed by atoms with Gasteiger partial charge in [-0.1, -0.05) is 77.5 Å². The van der Waals surface area contributed by atoms with Crippen LogP contribution in [-0.4, -0.2) is 28.2 Å². The minimum atomic E-state index is -1.03. The van der Waals surface area contributed by atoms with Crippen LogP contribution >= 0.6 is 22.9 Å². The number of nitrogens with zero attached hydrogens (tertiary/aromatic N) is 2. The SMILES string of the molecule is CCOC(=O)C1=C(c2ccccc2)N=c2s/c(=C\c3ccc(C(=O)O)cc3)c(=O)n2[C@H]1c1ccc(Cl)cc1. The second-order valence-electron chi connectivity index (χ2n) is 8.41. The van der Waals surface area contributed by atoms with Crippen LogP contribution in [0.25, 0.3) is 11.8 Å². The van der Waals surface area contributed by atoms with Crippen LogP contribution in [0.5, 0.6) is 0 Å². The molecule has 0 bridgehead atoms. The summed E-state index contributed by atoms with van der Waals surface area (Å²) in [6.45, 7) is 1.89. The number of thiazole rings is 1. The monoisotopic (exact) mass is 544 g/mol. The highest BCUT2D eigenvalue weighted by Crippen LogP contribution is 2.35. The lowest BCUT2D eigenvalue weighted by Crippen LogP contribution is -2.40.